The van der Waals surface area contributed by atoms with Crippen LogP contribution in [-0.2, 0) is 6.18 Å². The van der Waals surface area contributed by atoms with E-state index in [4.69, 9.17) is 4.52 Å². The highest BCUT2D eigenvalue weighted by atomic mass is 19.4. The van der Waals surface area contributed by atoms with Crippen molar-refractivity contribution in [3.05, 3.63) is 95.1 Å². The van der Waals surface area contributed by atoms with E-state index < -0.39 is 17.7 Å². The van der Waals surface area contributed by atoms with E-state index in [2.05, 4.69) is 22.0 Å². The van der Waals surface area contributed by atoms with E-state index in [0.717, 1.165) is 12.1 Å². The van der Waals surface area contributed by atoms with Crippen molar-refractivity contribution in [2.24, 2.45) is 0 Å². The topological polar surface area (TPSA) is 76.2 Å². The van der Waals surface area contributed by atoms with Crippen molar-refractivity contribution in [1.29, 1.82) is 0 Å². The molecule has 158 valence electrons. The fourth-order valence-corrected chi connectivity index (χ4v) is 2.93. The first-order valence-corrected chi connectivity index (χ1v) is 9.27. The third-order valence-corrected chi connectivity index (χ3v) is 4.50. The van der Waals surface area contributed by atoms with E-state index in [9.17, 15) is 23.1 Å². The molecule has 3 aromatic carbocycles. The van der Waals surface area contributed by atoms with Gasteiger partial charge in [-0.1, -0.05) is 35.2 Å². The van der Waals surface area contributed by atoms with Crippen LogP contribution in [0.5, 0.6) is 0 Å². The summed E-state index contributed by atoms with van der Waals surface area (Å²) in [6.45, 7) is 0. The summed E-state index contributed by atoms with van der Waals surface area (Å²) in [6, 6.07) is 17.8. The van der Waals surface area contributed by atoms with Crippen LogP contribution >= 0.6 is 0 Å². The number of nitrogens with zero attached hydrogens (tertiary/aromatic N) is 2. The number of aromatic nitrogens is 2. The average molecular weight is 434 g/mol. The molecule has 8 heteroatoms. The van der Waals surface area contributed by atoms with Crippen LogP contribution in [0.3, 0.4) is 0 Å². The van der Waals surface area contributed by atoms with Gasteiger partial charge in [-0.3, -0.25) is 0 Å². The molecule has 0 amide bonds. The SMILES string of the molecule is O=C(O)c1ccccc1-c1nc(-c2ccc(C#Cc3cccc(C(F)(F)F)c3)cc2)no1. The summed E-state index contributed by atoms with van der Waals surface area (Å²) in [7, 11) is 0. The van der Waals surface area contributed by atoms with E-state index in [1.807, 2.05) is 0 Å². The zero-order valence-electron chi connectivity index (χ0n) is 16.2. The molecule has 0 aliphatic rings. The van der Waals surface area contributed by atoms with Crippen LogP contribution in [0.4, 0.5) is 13.2 Å². The summed E-state index contributed by atoms with van der Waals surface area (Å²) < 4.78 is 43.7. The molecule has 0 saturated heterocycles. The maximum atomic E-state index is 12.8. The molecule has 4 aromatic rings. The second kappa shape index (κ2) is 8.40. The van der Waals surface area contributed by atoms with Crippen molar-refractivity contribution in [3.8, 4) is 34.7 Å². The van der Waals surface area contributed by atoms with Gasteiger partial charge in [0.2, 0.25) is 5.82 Å². The Balaban J connectivity index is 1.55. The lowest BCUT2D eigenvalue weighted by Crippen LogP contribution is -2.04. The minimum atomic E-state index is -4.42. The molecule has 0 spiro atoms. The van der Waals surface area contributed by atoms with Gasteiger partial charge in [0.05, 0.1) is 16.7 Å². The zero-order valence-corrected chi connectivity index (χ0v) is 16.2. The van der Waals surface area contributed by atoms with Crippen molar-refractivity contribution in [2.45, 2.75) is 6.18 Å². The first kappa shape index (κ1) is 20.9. The summed E-state index contributed by atoms with van der Waals surface area (Å²) in [5.41, 5.74) is 1.05. The number of hydrogen-bond donors (Lipinski definition) is 1. The third kappa shape index (κ3) is 4.52. The Kier molecular flexibility index (Phi) is 5.48. The number of rotatable bonds is 3. The van der Waals surface area contributed by atoms with Crippen LogP contribution in [-0.4, -0.2) is 21.2 Å². The standard InChI is InChI=1S/C24H13F3N2O3/c25-24(26,27)18-5-3-4-16(14-18)9-8-15-10-12-17(13-11-15)21-28-22(32-29-21)19-6-1-2-7-20(19)23(30)31/h1-7,10-14H,(H,30,31). The van der Waals surface area contributed by atoms with Crippen LogP contribution in [0.25, 0.3) is 22.8 Å². The monoisotopic (exact) mass is 434 g/mol. The van der Waals surface area contributed by atoms with Crippen molar-refractivity contribution in [3.63, 3.8) is 0 Å². The molecule has 4 rings (SSSR count). The first-order chi connectivity index (χ1) is 15.3. The summed E-state index contributed by atoms with van der Waals surface area (Å²) in [5.74, 6) is 4.77. The Bertz CT molecular complexity index is 1350. The molecule has 0 aliphatic carbocycles. The summed E-state index contributed by atoms with van der Waals surface area (Å²) in [5, 5.41) is 13.2. The van der Waals surface area contributed by atoms with Gasteiger partial charge in [-0.05, 0) is 54.6 Å². The van der Waals surface area contributed by atoms with Gasteiger partial charge in [-0.15, -0.1) is 0 Å². The molecule has 1 heterocycles. The van der Waals surface area contributed by atoms with E-state index >= 15 is 0 Å². The number of benzene rings is 3. The highest BCUT2D eigenvalue weighted by Crippen LogP contribution is 2.29. The van der Waals surface area contributed by atoms with Crippen LogP contribution in [0.2, 0.25) is 0 Å². The number of alkyl halides is 3. The highest BCUT2D eigenvalue weighted by molar-refractivity contribution is 5.94. The molecule has 0 saturated carbocycles. The number of halogens is 3. The molecule has 32 heavy (non-hydrogen) atoms. The molecule has 0 radical (unpaired) electrons. The van der Waals surface area contributed by atoms with Gasteiger partial charge >= 0.3 is 12.1 Å². The lowest BCUT2D eigenvalue weighted by atomic mass is 10.1. The van der Waals surface area contributed by atoms with Crippen LogP contribution in [0, 0.1) is 11.8 Å². The predicted molar refractivity (Wildman–Crippen MR) is 110 cm³/mol. The normalized spacial score (nSPS) is 11.0. The molecule has 5 nitrogen and oxygen atoms in total. The molecular weight excluding hydrogens is 421 g/mol. The van der Waals surface area contributed by atoms with Crippen molar-refractivity contribution < 1.29 is 27.6 Å². The fourth-order valence-electron chi connectivity index (χ4n) is 2.93. The largest absolute Gasteiger partial charge is 0.478 e. The molecule has 0 unspecified atom stereocenters. The maximum Gasteiger partial charge on any atom is 0.416 e. The second-order valence-electron chi connectivity index (χ2n) is 6.68. The number of carboxylic acids is 1. The van der Waals surface area contributed by atoms with Crippen LogP contribution in [0.1, 0.15) is 27.0 Å². The van der Waals surface area contributed by atoms with E-state index in [1.165, 1.54) is 18.2 Å². The van der Waals surface area contributed by atoms with E-state index in [0.29, 0.717) is 16.7 Å². The number of carboxylic acid groups (broad SMARTS) is 1. The van der Waals surface area contributed by atoms with Gasteiger partial charge in [0.1, 0.15) is 0 Å². The average Bonchev–Trinajstić information content (AvgIpc) is 3.28. The third-order valence-electron chi connectivity index (χ3n) is 4.50. The predicted octanol–water partition coefficient (Wildman–Crippen LogP) is 5.52. The van der Waals surface area contributed by atoms with Crippen molar-refractivity contribution in [1.82, 2.24) is 10.1 Å². The van der Waals surface area contributed by atoms with Gasteiger partial charge in [0, 0.05) is 16.7 Å². The van der Waals surface area contributed by atoms with Crippen molar-refractivity contribution in [2.75, 3.05) is 0 Å². The van der Waals surface area contributed by atoms with E-state index in [1.54, 1.807) is 42.5 Å². The Morgan fingerprint density at radius 1 is 0.906 bits per heavy atom. The number of carbonyl (C=O) groups is 1. The smallest absolute Gasteiger partial charge is 0.416 e. The summed E-state index contributed by atoms with van der Waals surface area (Å²) in [4.78, 5) is 15.6. The van der Waals surface area contributed by atoms with Crippen LogP contribution in [0.15, 0.2) is 77.3 Å². The van der Waals surface area contributed by atoms with Gasteiger partial charge in [-0.25, -0.2) is 4.79 Å². The summed E-state index contributed by atoms with van der Waals surface area (Å²) in [6.07, 6.45) is -4.42. The maximum absolute atomic E-state index is 12.8. The molecule has 1 N–H and O–H groups in total. The first-order valence-electron chi connectivity index (χ1n) is 9.27. The Morgan fingerprint density at radius 3 is 2.34 bits per heavy atom. The Hall–Kier alpha value is -4.38. The molecule has 0 atom stereocenters. The molecule has 0 bridgehead atoms. The lowest BCUT2D eigenvalue weighted by molar-refractivity contribution is -0.137. The number of hydrogen-bond acceptors (Lipinski definition) is 4. The molecule has 0 fully saturated rings. The molecular formula is C24H13F3N2O3. The Morgan fingerprint density at radius 2 is 1.62 bits per heavy atom. The summed E-state index contributed by atoms with van der Waals surface area (Å²) >= 11 is 0. The minimum Gasteiger partial charge on any atom is -0.478 e. The van der Waals surface area contributed by atoms with Crippen molar-refractivity contribution >= 4 is 5.97 Å². The zero-order chi connectivity index (χ0) is 22.7. The number of aromatic carboxylic acids is 1. The Labute approximate surface area is 180 Å². The van der Waals surface area contributed by atoms with Gasteiger partial charge in [0.25, 0.3) is 5.89 Å². The van der Waals surface area contributed by atoms with Gasteiger partial charge in [-0.2, -0.15) is 18.2 Å². The molecule has 0 aliphatic heterocycles. The van der Waals surface area contributed by atoms with Crippen LogP contribution < -0.4 is 0 Å². The lowest BCUT2D eigenvalue weighted by Gasteiger charge is -2.05. The van der Waals surface area contributed by atoms with Gasteiger partial charge in [0.15, 0.2) is 0 Å². The van der Waals surface area contributed by atoms with E-state index in [-0.39, 0.29) is 22.8 Å². The van der Waals surface area contributed by atoms with Gasteiger partial charge < -0.3 is 9.63 Å². The second-order valence-corrected chi connectivity index (χ2v) is 6.68. The molecule has 1 aromatic heterocycles. The fraction of sp³-hybridized carbons (Fsp3) is 0.0417. The highest BCUT2D eigenvalue weighted by Gasteiger charge is 2.30. The quantitative estimate of drug-likeness (QED) is 0.430. The minimum absolute atomic E-state index is 0.0444.